The van der Waals surface area contributed by atoms with Gasteiger partial charge in [-0.2, -0.15) is 0 Å². The third-order valence-electron chi connectivity index (χ3n) is 4.14. The summed E-state index contributed by atoms with van der Waals surface area (Å²) >= 11 is 0. The molecule has 0 radical (unpaired) electrons. The highest BCUT2D eigenvalue weighted by Gasteiger charge is 2.21. The fourth-order valence-electron chi connectivity index (χ4n) is 2.71. The van der Waals surface area contributed by atoms with Gasteiger partial charge in [0.2, 0.25) is 0 Å². The van der Waals surface area contributed by atoms with E-state index >= 15 is 0 Å². The van der Waals surface area contributed by atoms with Gasteiger partial charge in [-0.15, -0.1) is 0 Å². The number of hydrogen-bond acceptors (Lipinski definition) is 2. The van der Waals surface area contributed by atoms with Gasteiger partial charge in [-0.25, -0.2) is 4.79 Å². The molecule has 110 valence electrons. The van der Waals surface area contributed by atoms with Crippen LogP contribution < -0.4 is 10.6 Å². The number of carbonyl (C=O) groups excluding carboxylic acids is 1. The summed E-state index contributed by atoms with van der Waals surface area (Å²) in [7, 11) is 0. The molecule has 0 spiro atoms. The zero-order valence-corrected chi connectivity index (χ0v) is 12.1. The lowest BCUT2D eigenvalue weighted by atomic mass is 9.87. The molecule has 20 heavy (non-hydrogen) atoms. The van der Waals surface area contributed by atoms with Gasteiger partial charge in [0, 0.05) is 19.2 Å². The first kappa shape index (κ1) is 14.9. The van der Waals surface area contributed by atoms with E-state index in [4.69, 9.17) is 5.11 Å². The molecule has 0 saturated heterocycles. The van der Waals surface area contributed by atoms with Crippen LogP contribution >= 0.6 is 0 Å². The summed E-state index contributed by atoms with van der Waals surface area (Å²) in [6.45, 7) is 2.88. The highest BCUT2D eigenvalue weighted by atomic mass is 16.3. The quantitative estimate of drug-likeness (QED) is 0.790. The van der Waals surface area contributed by atoms with E-state index in [2.05, 4.69) is 10.6 Å². The second kappa shape index (κ2) is 7.29. The lowest BCUT2D eigenvalue weighted by molar-refractivity contribution is 0.174. The number of rotatable bonds is 4. The van der Waals surface area contributed by atoms with Crippen molar-refractivity contribution >= 4 is 6.03 Å². The normalized spacial score (nSPS) is 22.3. The predicted molar refractivity (Wildman–Crippen MR) is 79.4 cm³/mol. The number of benzene rings is 1. The first-order chi connectivity index (χ1) is 9.69. The molecule has 0 bridgehead atoms. The third-order valence-corrected chi connectivity index (χ3v) is 4.14. The van der Waals surface area contributed by atoms with Crippen LogP contribution in [-0.2, 0) is 6.54 Å². The maximum Gasteiger partial charge on any atom is 0.315 e. The van der Waals surface area contributed by atoms with Gasteiger partial charge in [0.25, 0.3) is 0 Å². The number of aliphatic hydroxyl groups is 1. The average Bonchev–Trinajstić information content (AvgIpc) is 2.47. The number of carbonyl (C=O) groups is 1. The minimum atomic E-state index is -0.0966. The highest BCUT2D eigenvalue weighted by Crippen LogP contribution is 2.23. The Balaban J connectivity index is 1.72. The van der Waals surface area contributed by atoms with Crippen molar-refractivity contribution in [2.24, 2.45) is 5.92 Å². The Labute approximate surface area is 120 Å². The largest absolute Gasteiger partial charge is 0.396 e. The molecular weight excluding hydrogens is 252 g/mol. The molecule has 1 fully saturated rings. The van der Waals surface area contributed by atoms with Crippen molar-refractivity contribution < 1.29 is 9.90 Å². The zero-order valence-electron chi connectivity index (χ0n) is 12.1. The molecule has 1 aromatic rings. The lowest BCUT2D eigenvalue weighted by Crippen LogP contribution is -2.43. The summed E-state index contributed by atoms with van der Waals surface area (Å²) in [6, 6.07) is 8.21. The molecule has 0 atom stereocenters. The van der Waals surface area contributed by atoms with Gasteiger partial charge in [-0.3, -0.25) is 0 Å². The van der Waals surface area contributed by atoms with Crippen LogP contribution in [0.1, 0.15) is 36.8 Å². The fraction of sp³-hybridized carbons (Fsp3) is 0.562. The second-order valence-corrected chi connectivity index (χ2v) is 5.65. The number of amides is 2. The topological polar surface area (TPSA) is 61.4 Å². The maximum atomic E-state index is 11.9. The van der Waals surface area contributed by atoms with Crippen molar-refractivity contribution in [3.63, 3.8) is 0 Å². The number of hydrogen-bond donors (Lipinski definition) is 3. The van der Waals surface area contributed by atoms with Crippen molar-refractivity contribution in [1.29, 1.82) is 0 Å². The molecule has 3 N–H and O–H groups in total. The van der Waals surface area contributed by atoms with E-state index in [9.17, 15) is 4.79 Å². The number of nitrogens with one attached hydrogen (secondary N) is 2. The van der Waals surface area contributed by atoms with E-state index in [-0.39, 0.29) is 18.7 Å². The smallest absolute Gasteiger partial charge is 0.315 e. The lowest BCUT2D eigenvalue weighted by Gasteiger charge is -2.28. The molecule has 1 aliphatic carbocycles. The summed E-state index contributed by atoms with van der Waals surface area (Å²) in [5.74, 6) is 0.420. The number of aryl methyl sites for hydroxylation is 1. The van der Waals surface area contributed by atoms with Crippen LogP contribution in [0.5, 0.6) is 0 Å². The Kier molecular flexibility index (Phi) is 5.41. The SMILES string of the molecule is Cc1ccccc1CNC(=O)NC1CCC(CO)CC1. The van der Waals surface area contributed by atoms with Gasteiger partial charge in [-0.05, 0) is 49.7 Å². The molecular formula is C16H24N2O2. The van der Waals surface area contributed by atoms with Crippen molar-refractivity contribution in [2.45, 2.75) is 45.2 Å². The molecule has 0 aromatic heterocycles. The standard InChI is InChI=1S/C16H24N2O2/c1-12-4-2-3-5-14(12)10-17-16(20)18-15-8-6-13(11-19)7-9-15/h2-5,13,15,19H,6-11H2,1H3,(H2,17,18,20). The van der Waals surface area contributed by atoms with E-state index in [1.165, 1.54) is 5.56 Å². The van der Waals surface area contributed by atoms with Crippen molar-refractivity contribution in [1.82, 2.24) is 10.6 Å². The van der Waals surface area contributed by atoms with Gasteiger partial charge < -0.3 is 15.7 Å². The Morgan fingerprint density at radius 2 is 1.95 bits per heavy atom. The number of urea groups is 1. The summed E-state index contributed by atoms with van der Waals surface area (Å²) in [6.07, 6.45) is 3.92. The van der Waals surface area contributed by atoms with E-state index in [1.54, 1.807) is 0 Å². The molecule has 0 heterocycles. The van der Waals surface area contributed by atoms with Gasteiger partial charge in [0.1, 0.15) is 0 Å². The molecule has 2 rings (SSSR count). The van der Waals surface area contributed by atoms with E-state index in [0.717, 1.165) is 31.2 Å². The summed E-state index contributed by atoms with van der Waals surface area (Å²) in [4.78, 5) is 11.9. The zero-order chi connectivity index (χ0) is 14.4. The molecule has 4 heteroatoms. The summed E-state index contributed by atoms with van der Waals surface area (Å²) in [5, 5.41) is 15.0. The van der Waals surface area contributed by atoms with Crippen LogP contribution in [0.25, 0.3) is 0 Å². The predicted octanol–water partition coefficient (Wildman–Crippen LogP) is 2.35. The Morgan fingerprint density at radius 1 is 1.25 bits per heavy atom. The van der Waals surface area contributed by atoms with Gasteiger partial charge in [0.05, 0.1) is 0 Å². The van der Waals surface area contributed by atoms with E-state index in [0.29, 0.717) is 12.5 Å². The summed E-state index contributed by atoms with van der Waals surface area (Å²) < 4.78 is 0. The molecule has 4 nitrogen and oxygen atoms in total. The molecule has 1 saturated carbocycles. The highest BCUT2D eigenvalue weighted by molar-refractivity contribution is 5.74. The Hall–Kier alpha value is -1.55. The van der Waals surface area contributed by atoms with Gasteiger partial charge >= 0.3 is 6.03 Å². The first-order valence-corrected chi connectivity index (χ1v) is 7.38. The van der Waals surface area contributed by atoms with Crippen LogP contribution in [0.4, 0.5) is 4.79 Å². The molecule has 1 aromatic carbocycles. The fourth-order valence-corrected chi connectivity index (χ4v) is 2.71. The van der Waals surface area contributed by atoms with E-state index < -0.39 is 0 Å². The third kappa shape index (κ3) is 4.23. The van der Waals surface area contributed by atoms with Crippen LogP contribution in [0.2, 0.25) is 0 Å². The molecule has 2 amide bonds. The van der Waals surface area contributed by atoms with Crippen molar-refractivity contribution in [2.75, 3.05) is 6.61 Å². The van der Waals surface area contributed by atoms with Crippen molar-refractivity contribution in [3.05, 3.63) is 35.4 Å². The van der Waals surface area contributed by atoms with Crippen LogP contribution in [0.15, 0.2) is 24.3 Å². The maximum absolute atomic E-state index is 11.9. The van der Waals surface area contributed by atoms with Gasteiger partial charge in [0.15, 0.2) is 0 Å². The molecule has 0 aliphatic heterocycles. The van der Waals surface area contributed by atoms with Gasteiger partial charge in [-0.1, -0.05) is 24.3 Å². The Morgan fingerprint density at radius 3 is 2.60 bits per heavy atom. The first-order valence-electron chi connectivity index (χ1n) is 7.38. The van der Waals surface area contributed by atoms with Crippen LogP contribution in [0.3, 0.4) is 0 Å². The minimum absolute atomic E-state index is 0.0966. The number of aliphatic hydroxyl groups excluding tert-OH is 1. The monoisotopic (exact) mass is 276 g/mol. The van der Waals surface area contributed by atoms with Crippen molar-refractivity contribution in [3.8, 4) is 0 Å². The summed E-state index contributed by atoms with van der Waals surface area (Å²) in [5.41, 5.74) is 2.34. The minimum Gasteiger partial charge on any atom is -0.396 e. The average molecular weight is 276 g/mol. The molecule has 0 unspecified atom stereocenters. The molecule has 1 aliphatic rings. The van der Waals surface area contributed by atoms with Crippen LogP contribution in [-0.4, -0.2) is 23.8 Å². The second-order valence-electron chi connectivity index (χ2n) is 5.65. The van der Waals surface area contributed by atoms with E-state index in [1.807, 2.05) is 31.2 Å². The Bertz CT molecular complexity index is 440. The van der Waals surface area contributed by atoms with Crippen LogP contribution in [0, 0.1) is 12.8 Å².